The molecule has 0 bridgehead atoms. The van der Waals surface area contributed by atoms with Gasteiger partial charge in [-0.25, -0.2) is 9.78 Å². The number of carbonyl (C=O) groups is 2. The number of ether oxygens (including phenoxy) is 1. The van der Waals surface area contributed by atoms with E-state index in [1.54, 1.807) is 0 Å². The summed E-state index contributed by atoms with van der Waals surface area (Å²) in [6, 6.07) is 19.1. The summed E-state index contributed by atoms with van der Waals surface area (Å²) in [5.74, 6) is -0.912. The van der Waals surface area contributed by atoms with Gasteiger partial charge in [0.1, 0.15) is 9.88 Å². The van der Waals surface area contributed by atoms with E-state index in [0.717, 1.165) is 16.1 Å². The predicted molar refractivity (Wildman–Crippen MR) is 97.3 cm³/mol. The number of carbonyl (C=O) groups excluding carboxylic acids is 2. The Kier molecular flexibility index (Phi) is 5.20. The van der Waals surface area contributed by atoms with Gasteiger partial charge in [-0.15, -0.1) is 11.3 Å². The van der Waals surface area contributed by atoms with E-state index in [1.165, 1.54) is 18.4 Å². The summed E-state index contributed by atoms with van der Waals surface area (Å²) >= 11 is 1.26. The van der Waals surface area contributed by atoms with Gasteiger partial charge in [-0.1, -0.05) is 60.7 Å². The first-order valence-corrected chi connectivity index (χ1v) is 8.50. The largest absolute Gasteiger partial charge is 0.451 e. The lowest BCUT2D eigenvalue weighted by molar-refractivity contribution is -0.123. The van der Waals surface area contributed by atoms with Crippen molar-refractivity contribution in [3.05, 3.63) is 65.5 Å². The van der Waals surface area contributed by atoms with Crippen LogP contribution in [-0.4, -0.2) is 30.5 Å². The first-order chi connectivity index (χ1) is 12.2. The van der Waals surface area contributed by atoms with Crippen LogP contribution in [0.5, 0.6) is 0 Å². The minimum Gasteiger partial charge on any atom is -0.451 e. The van der Waals surface area contributed by atoms with Crippen LogP contribution in [0.1, 0.15) is 9.67 Å². The number of amides is 1. The average Bonchev–Trinajstić information content (AvgIpc) is 3.12. The summed E-state index contributed by atoms with van der Waals surface area (Å²) in [5.41, 5.74) is 2.31. The third-order valence-electron chi connectivity index (χ3n) is 3.49. The van der Waals surface area contributed by atoms with E-state index in [0.29, 0.717) is 10.6 Å². The van der Waals surface area contributed by atoms with Crippen LogP contribution in [0.2, 0.25) is 0 Å². The molecule has 0 aliphatic carbocycles. The Labute approximate surface area is 149 Å². The Morgan fingerprint density at radius 2 is 1.60 bits per heavy atom. The van der Waals surface area contributed by atoms with Crippen molar-refractivity contribution in [2.75, 3.05) is 13.7 Å². The number of nitrogens with zero attached hydrogens (tertiary/aromatic N) is 1. The van der Waals surface area contributed by atoms with Gasteiger partial charge < -0.3 is 10.1 Å². The lowest BCUT2D eigenvalue weighted by Crippen LogP contribution is -2.25. The van der Waals surface area contributed by atoms with Crippen molar-refractivity contribution < 1.29 is 14.3 Å². The Bertz CT molecular complexity index is 876. The second kappa shape index (κ2) is 7.72. The molecule has 3 aromatic rings. The molecule has 0 saturated heterocycles. The molecular weight excluding hydrogens is 336 g/mol. The smallest absolute Gasteiger partial charge is 0.351 e. The lowest BCUT2D eigenvalue weighted by atomic mass is 10.1. The van der Waals surface area contributed by atoms with E-state index in [1.807, 2.05) is 60.7 Å². The zero-order valence-electron chi connectivity index (χ0n) is 13.6. The van der Waals surface area contributed by atoms with Crippen molar-refractivity contribution in [1.82, 2.24) is 10.3 Å². The third-order valence-corrected chi connectivity index (χ3v) is 4.58. The molecule has 2 aromatic carbocycles. The number of nitrogens with one attached hydrogen (secondary N) is 1. The predicted octanol–water partition coefficient (Wildman–Crippen LogP) is 3.38. The van der Waals surface area contributed by atoms with Crippen molar-refractivity contribution in [3.8, 4) is 21.8 Å². The van der Waals surface area contributed by atoms with Gasteiger partial charge in [-0.05, 0) is 0 Å². The summed E-state index contributed by atoms with van der Waals surface area (Å²) in [6.07, 6.45) is 0. The van der Waals surface area contributed by atoms with Gasteiger partial charge >= 0.3 is 5.97 Å². The molecule has 0 radical (unpaired) electrons. The minimum absolute atomic E-state index is 0.317. The molecule has 0 fully saturated rings. The van der Waals surface area contributed by atoms with E-state index in [-0.39, 0.29) is 12.5 Å². The maximum atomic E-state index is 12.5. The summed E-state index contributed by atoms with van der Waals surface area (Å²) in [5, 5.41) is 3.15. The zero-order valence-corrected chi connectivity index (χ0v) is 14.4. The number of hydrogen-bond donors (Lipinski definition) is 1. The Hall–Kier alpha value is -2.99. The minimum atomic E-state index is -0.554. The van der Waals surface area contributed by atoms with Gasteiger partial charge in [-0.2, -0.15) is 0 Å². The summed E-state index contributed by atoms with van der Waals surface area (Å²) in [7, 11) is 1.49. The zero-order chi connectivity index (χ0) is 17.6. The monoisotopic (exact) mass is 352 g/mol. The number of likely N-dealkylation sites (N-methyl/N-ethyl adjacent to an activating group) is 1. The maximum absolute atomic E-state index is 12.5. The number of aromatic nitrogens is 1. The summed E-state index contributed by atoms with van der Waals surface area (Å²) in [6.45, 7) is -0.317. The van der Waals surface area contributed by atoms with Crippen molar-refractivity contribution in [2.24, 2.45) is 0 Å². The highest BCUT2D eigenvalue weighted by Gasteiger charge is 2.22. The number of hydrogen-bond acceptors (Lipinski definition) is 5. The van der Waals surface area contributed by atoms with Crippen LogP contribution in [0.25, 0.3) is 21.8 Å². The summed E-state index contributed by atoms with van der Waals surface area (Å²) in [4.78, 5) is 28.8. The molecule has 6 heteroatoms. The molecule has 3 rings (SSSR count). The quantitative estimate of drug-likeness (QED) is 0.715. The molecule has 0 atom stereocenters. The lowest BCUT2D eigenvalue weighted by Gasteiger charge is -2.04. The van der Waals surface area contributed by atoms with E-state index in [9.17, 15) is 9.59 Å². The van der Waals surface area contributed by atoms with Gasteiger partial charge in [0.05, 0.1) is 5.69 Å². The Morgan fingerprint density at radius 3 is 2.20 bits per heavy atom. The van der Waals surface area contributed by atoms with Gasteiger partial charge in [-0.3, -0.25) is 4.79 Å². The van der Waals surface area contributed by atoms with Gasteiger partial charge in [0.2, 0.25) is 0 Å². The van der Waals surface area contributed by atoms with Crippen molar-refractivity contribution in [3.63, 3.8) is 0 Å². The van der Waals surface area contributed by atoms with Crippen molar-refractivity contribution >= 4 is 23.2 Å². The van der Waals surface area contributed by atoms with Crippen molar-refractivity contribution in [2.45, 2.75) is 0 Å². The molecule has 0 aliphatic rings. The van der Waals surface area contributed by atoms with Crippen LogP contribution in [0.4, 0.5) is 0 Å². The van der Waals surface area contributed by atoms with Gasteiger partial charge in [0.15, 0.2) is 6.61 Å². The number of esters is 1. The Morgan fingerprint density at radius 1 is 1.00 bits per heavy atom. The number of thiazole rings is 1. The molecule has 1 amide bonds. The normalized spacial score (nSPS) is 10.3. The summed E-state index contributed by atoms with van der Waals surface area (Å²) < 4.78 is 5.11. The highest BCUT2D eigenvalue weighted by atomic mass is 32.1. The molecule has 0 unspecified atom stereocenters. The maximum Gasteiger partial charge on any atom is 0.351 e. The van der Waals surface area contributed by atoms with E-state index >= 15 is 0 Å². The van der Waals surface area contributed by atoms with Crippen LogP contribution in [0.15, 0.2) is 60.7 Å². The number of rotatable bonds is 5. The number of benzene rings is 2. The van der Waals surface area contributed by atoms with Gasteiger partial charge in [0.25, 0.3) is 5.91 Å². The molecule has 0 saturated carbocycles. The van der Waals surface area contributed by atoms with Crippen LogP contribution in [-0.2, 0) is 9.53 Å². The van der Waals surface area contributed by atoms with Crippen LogP contribution in [0.3, 0.4) is 0 Å². The molecular formula is C19H16N2O3S. The SMILES string of the molecule is CNC(=O)COC(=O)c1sc(-c2ccccc2)nc1-c1ccccc1. The first kappa shape index (κ1) is 16.9. The second-order valence-electron chi connectivity index (χ2n) is 5.18. The highest BCUT2D eigenvalue weighted by molar-refractivity contribution is 7.17. The molecule has 25 heavy (non-hydrogen) atoms. The molecule has 0 spiro atoms. The van der Waals surface area contributed by atoms with Crippen LogP contribution < -0.4 is 5.32 Å². The Balaban J connectivity index is 1.99. The van der Waals surface area contributed by atoms with Crippen LogP contribution >= 0.6 is 11.3 Å². The fourth-order valence-corrected chi connectivity index (χ4v) is 3.21. The first-order valence-electron chi connectivity index (χ1n) is 7.68. The molecule has 1 N–H and O–H groups in total. The second-order valence-corrected chi connectivity index (χ2v) is 6.18. The van der Waals surface area contributed by atoms with Gasteiger partial charge in [0, 0.05) is 18.2 Å². The van der Waals surface area contributed by atoms with E-state index in [4.69, 9.17) is 4.74 Å². The van der Waals surface area contributed by atoms with E-state index < -0.39 is 5.97 Å². The van der Waals surface area contributed by atoms with Crippen LogP contribution in [0, 0.1) is 0 Å². The van der Waals surface area contributed by atoms with Crippen molar-refractivity contribution in [1.29, 1.82) is 0 Å². The topological polar surface area (TPSA) is 68.3 Å². The third kappa shape index (κ3) is 3.92. The molecule has 1 aromatic heterocycles. The molecule has 126 valence electrons. The molecule has 5 nitrogen and oxygen atoms in total. The fourth-order valence-electron chi connectivity index (χ4n) is 2.22. The standard InChI is InChI=1S/C19H16N2O3S/c1-20-15(22)12-24-19(23)17-16(13-8-4-2-5-9-13)21-18(25-17)14-10-6-3-7-11-14/h2-11H,12H2,1H3,(H,20,22). The average molecular weight is 352 g/mol. The fraction of sp³-hybridized carbons (Fsp3) is 0.105. The molecule has 0 aliphatic heterocycles. The highest BCUT2D eigenvalue weighted by Crippen LogP contribution is 2.34. The van der Waals surface area contributed by atoms with E-state index in [2.05, 4.69) is 10.3 Å². The molecule has 1 heterocycles.